The third kappa shape index (κ3) is 3.61. The van der Waals surface area contributed by atoms with Gasteiger partial charge in [-0.15, -0.1) is 0 Å². The van der Waals surface area contributed by atoms with Gasteiger partial charge in [0.15, 0.2) is 0 Å². The smallest absolute Gasteiger partial charge is 0.256 e. The van der Waals surface area contributed by atoms with Gasteiger partial charge >= 0.3 is 0 Å². The number of benzene rings is 2. The first kappa shape index (κ1) is 17.7. The maximum atomic E-state index is 12.6. The van der Waals surface area contributed by atoms with Gasteiger partial charge in [0, 0.05) is 28.4 Å². The number of carbonyl (C=O) groups is 1. The number of hydrogen-bond donors (Lipinski definition) is 2. The number of fused-ring (bicyclic) bond motifs is 1. The molecule has 0 radical (unpaired) electrons. The summed E-state index contributed by atoms with van der Waals surface area (Å²) in [7, 11) is -3.70. The fourth-order valence-electron chi connectivity index (χ4n) is 2.67. The summed E-state index contributed by atoms with van der Waals surface area (Å²) in [6.07, 6.45) is 0. The summed E-state index contributed by atoms with van der Waals surface area (Å²) >= 11 is 5.83. The lowest BCUT2D eigenvalue weighted by Gasteiger charge is -2.09. The van der Waals surface area contributed by atoms with Crippen molar-refractivity contribution in [3.05, 3.63) is 64.2 Å². The molecule has 130 valence electrons. The van der Waals surface area contributed by atoms with E-state index in [0.29, 0.717) is 21.8 Å². The summed E-state index contributed by atoms with van der Waals surface area (Å²) in [6.45, 7) is 3.80. The molecular weight excluding hydrogens is 360 g/mol. The van der Waals surface area contributed by atoms with Crippen molar-refractivity contribution in [2.45, 2.75) is 25.3 Å². The van der Waals surface area contributed by atoms with E-state index in [1.807, 2.05) is 13.8 Å². The van der Waals surface area contributed by atoms with E-state index in [0.717, 1.165) is 11.1 Å². The van der Waals surface area contributed by atoms with Crippen molar-refractivity contribution < 1.29 is 13.2 Å². The first-order valence-corrected chi connectivity index (χ1v) is 9.51. The number of sulfonamides is 1. The summed E-state index contributed by atoms with van der Waals surface area (Å²) in [5, 5.41) is 3.34. The van der Waals surface area contributed by atoms with Crippen molar-refractivity contribution in [2.75, 3.05) is 5.32 Å². The highest BCUT2D eigenvalue weighted by Crippen LogP contribution is 2.35. The van der Waals surface area contributed by atoms with Gasteiger partial charge in [0.1, 0.15) is 0 Å². The molecule has 1 aliphatic rings. The van der Waals surface area contributed by atoms with Crippen LogP contribution in [0, 0.1) is 0 Å². The fraction of sp³-hybridized carbons (Fsp3) is 0.167. The molecule has 0 aromatic heterocycles. The molecular formula is C18H17ClN2O3S. The largest absolute Gasteiger partial charge is 0.321 e. The zero-order valence-corrected chi connectivity index (χ0v) is 15.3. The van der Waals surface area contributed by atoms with E-state index in [1.165, 1.54) is 12.1 Å². The monoisotopic (exact) mass is 376 g/mol. The molecule has 0 fully saturated rings. The highest BCUT2D eigenvalue weighted by molar-refractivity contribution is 7.89. The van der Waals surface area contributed by atoms with Crippen LogP contribution < -0.4 is 10.0 Å². The van der Waals surface area contributed by atoms with E-state index in [4.69, 9.17) is 11.6 Å². The zero-order valence-electron chi connectivity index (χ0n) is 13.8. The molecule has 3 rings (SSSR count). The van der Waals surface area contributed by atoms with Gasteiger partial charge in [-0.05, 0) is 49.7 Å². The molecule has 7 heteroatoms. The first-order chi connectivity index (χ1) is 11.8. The number of carbonyl (C=O) groups excluding carboxylic acids is 1. The van der Waals surface area contributed by atoms with Crippen LogP contribution in [0.4, 0.5) is 5.69 Å². The van der Waals surface area contributed by atoms with Crippen LogP contribution in [-0.2, 0) is 21.4 Å². The van der Waals surface area contributed by atoms with Crippen LogP contribution in [0.5, 0.6) is 0 Å². The molecule has 0 spiro atoms. The third-order valence-corrected chi connectivity index (χ3v) is 5.58. The van der Waals surface area contributed by atoms with Crippen molar-refractivity contribution in [3.63, 3.8) is 0 Å². The van der Waals surface area contributed by atoms with Gasteiger partial charge in [-0.2, -0.15) is 0 Å². The molecule has 2 aromatic rings. The zero-order chi connectivity index (χ0) is 18.2. The van der Waals surface area contributed by atoms with Gasteiger partial charge in [-0.3, -0.25) is 4.79 Å². The molecule has 0 atom stereocenters. The number of anilines is 1. The van der Waals surface area contributed by atoms with Crippen molar-refractivity contribution in [1.29, 1.82) is 0 Å². The van der Waals surface area contributed by atoms with Gasteiger partial charge in [0.2, 0.25) is 10.0 Å². The quantitative estimate of drug-likeness (QED) is 0.801. The summed E-state index contributed by atoms with van der Waals surface area (Å²) in [4.78, 5) is 12.1. The molecule has 0 saturated heterocycles. The minimum Gasteiger partial charge on any atom is -0.321 e. The standard InChI is InChI=1S/C18H17ClN2O3S/c1-11(2)17-15-9-14(7-8-16(15)21-18(17)22)25(23,24)20-10-12-3-5-13(19)6-4-12/h3-9,20H,10H2,1-2H3,(H,21,22). The average molecular weight is 377 g/mol. The van der Waals surface area contributed by atoms with Crippen LogP contribution >= 0.6 is 11.6 Å². The first-order valence-electron chi connectivity index (χ1n) is 7.65. The van der Waals surface area contributed by atoms with Gasteiger partial charge in [-0.1, -0.05) is 29.3 Å². The molecule has 0 unspecified atom stereocenters. The lowest BCUT2D eigenvalue weighted by molar-refractivity contribution is -0.110. The van der Waals surface area contributed by atoms with Gasteiger partial charge < -0.3 is 5.32 Å². The second-order valence-electron chi connectivity index (χ2n) is 5.99. The lowest BCUT2D eigenvalue weighted by atomic mass is 10.0. The van der Waals surface area contributed by atoms with Crippen molar-refractivity contribution in [2.24, 2.45) is 0 Å². The Hall–Kier alpha value is -2.15. The molecule has 25 heavy (non-hydrogen) atoms. The molecule has 2 N–H and O–H groups in total. The molecule has 0 bridgehead atoms. The van der Waals surface area contributed by atoms with E-state index < -0.39 is 10.0 Å². The molecule has 0 saturated carbocycles. The summed E-state index contributed by atoms with van der Waals surface area (Å²) in [6, 6.07) is 11.6. The Morgan fingerprint density at radius 2 is 1.80 bits per heavy atom. The van der Waals surface area contributed by atoms with Crippen LogP contribution in [0.15, 0.2) is 52.9 Å². The lowest BCUT2D eigenvalue weighted by Crippen LogP contribution is -2.23. The van der Waals surface area contributed by atoms with Crippen LogP contribution in [0.25, 0.3) is 5.57 Å². The average Bonchev–Trinajstić information content (AvgIpc) is 2.89. The minimum atomic E-state index is -3.70. The van der Waals surface area contributed by atoms with Crippen molar-refractivity contribution >= 4 is 38.8 Å². The highest BCUT2D eigenvalue weighted by atomic mass is 35.5. The number of rotatable bonds is 4. The second-order valence-corrected chi connectivity index (χ2v) is 8.19. The van der Waals surface area contributed by atoms with E-state index >= 15 is 0 Å². The van der Waals surface area contributed by atoms with E-state index in [-0.39, 0.29) is 17.3 Å². The summed E-state index contributed by atoms with van der Waals surface area (Å²) < 4.78 is 27.7. The SMILES string of the molecule is CC(C)=C1C(=O)Nc2ccc(S(=O)(=O)NCc3ccc(Cl)cc3)cc21. The Morgan fingerprint density at radius 1 is 1.12 bits per heavy atom. The summed E-state index contributed by atoms with van der Waals surface area (Å²) in [5.41, 5.74) is 3.39. The predicted octanol–water partition coefficient (Wildman–Crippen LogP) is 3.56. The molecule has 5 nitrogen and oxygen atoms in total. The molecule has 1 aliphatic heterocycles. The number of halogens is 1. The highest BCUT2D eigenvalue weighted by Gasteiger charge is 2.27. The fourth-order valence-corrected chi connectivity index (χ4v) is 3.84. The van der Waals surface area contributed by atoms with Crippen molar-refractivity contribution in [1.82, 2.24) is 4.72 Å². The van der Waals surface area contributed by atoms with E-state index in [2.05, 4.69) is 10.0 Å². The van der Waals surface area contributed by atoms with Crippen LogP contribution in [0.2, 0.25) is 5.02 Å². The van der Waals surface area contributed by atoms with Crippen LogP contribution in [0.1, 0.15) is 25.0 Å². The predicted molar refractivity (Wildman–Crippen MR) is 98.8 cm³/mol. The van der Waals surface area contributed by atoms with Crippen LogP contribution in [0.3, 0.4) is 0 Å². The maximum Gasteiger partial charge on any atom is 0.256 e. The normalized spacial score (nSPS) is 13.6. The topological polar surface area (TPSA) is 75.3 Å². The van der Waals surface area contributed by atoms with Gasteiger partial charge in [0.25, 0.3) is 5.91 Å². The molecule has 1 amide bonds. The molecule has 1 heterocycles. The van der Waals surface area contributed by atoms with Crippen molar-refractivity contribution in [3.8, 4) is 0 Å². The third-order valence-electron chi connectivity index (χ3n) is 3.93. The number of nitrogens with one attached hydrogen (secondary N) is 2. The Bertz CT molecular complexity index is 976. The Morgan fingerprint density at radius 3 is 2.44 bits per heavy atom. The Balaban J connectivity index is 1.88. The second kappa shape index (κ2) is 6.63. The maximum absolute atomic E-state index is 12.6. The van der Waals surface area contributed by atoms with Gasteiger partial charge in [0.05, 0.1) is 4.90 Å². The van der Waals surface area contributed by atoms with E-state index in [9.17, 15) is 13.2 Å². The minimum absolute atomic E-state index is 0.121. The molecule has 2 aromatic carbocycles. The Kier molecular flexibility index (Phi) is 4.69. The Labute approximate surface area is 151 Å². The van der Waals surface area contributed by atoms with Gasteiger partial charge in [-0.25, -0.2) is 13.1 Å². The van der Waals surface area contributed by atoms with Crippen LogP contribution in [-0.4, -0.2) is 14.3 Å². The molecule has 0 aliphatic carbocycles. The summed E-state index contributed by atoms with van der Waals surface area (Å²) in [5.74, 6) is -0.210. The van der Waals surface area contributed by atoms with E-state index in [1.54, 1.807) is 30.3 Å². The number of hydrogen-bond acceptors (Lipinski definition) is 3. The number of amides is 1. The number of allylic oxidation sites excluding steroid dienone is 1.